The lowest BCUT2D eigenvalue weighted by atomic mass is 9.94. The van der Waals surface area contributed by atoms with Crippen molar-refractivity contribution in [3.05, 3.63) is 0 Å². The molecule has 3 nitrogen and oxygen atoms in total. The van der Waals surface area contributed by atoms with Crippen molar-refractivity contribution < 1.29 is 9.90 Å². The average Bonchev–Trinajstić information content (AvgIpc) is 2.03. The molecule has 0 unspecified atom stereocenters. The van der Waals surface area contributed by atoms with Gasteiger partial charge < -0.3 is 10.0 Å². The highest BCUT2D eigenvalue weighted by Gasteiger charge is 2.25. The lowest BCUT2D eigenvalue weighted by molar-refractivity contribution is -0.133. The number of aliphatic hydroxyl groups excluding tert-OH is 1. The van der Waals surface area contributed by atoms with Crippen LogP contribution in [0.5, 0.6) is 0 Å². The first-order valence-corrected chi connectivity index (χ1v) is 4.57. The van der Waals surface area contributed by atoms with Gasteiger partial charge in [0.1, 0.15) is 0 Å². The molecule has 0 aromatic carbocycles. The van der Waals surface area contributed by atoms with Crippen molar-refractivity contribution in [3.63, 3.8) is 0 Å². The van der Waals surface area contributed by atoms with Gasteiger partial charge in [-0.2, -0.15) is 0 Å². The van der Waals surface area contributed by atoms with Gasteiger partial charge >= 0.3 is 0 Å². The molecule has 0 saturated carbocycles. The van der Waals surface area contributed by atoms with Crippen LogP contribution in [0.25, 0.3) is 0 Å². The minimum absolute atomic E-state index is 0.0761. The second kappa shape index (κ2) is 3.90. The second-order valence-corrected chi connectivity index (χ2v) is 3.59. The third-order valence-electron chi connectivity index (χ3n) is 2.54. The quantitative estimate of drug-likeness (QED) is 0.628. The van der Waals surface area contributed by atoms with Crippen molar-refractivity contribution in [3.8, 4) is 0 Å². The number of amides is 1. The van der Waals surface area contributed by atoms with Crippen molar-refractivity contribution in [2.75, 3.05) is 13.1 Å². The highest BCUT2D eigenvalue weighted by molar-refractivity contribution is 5.73. The Hall–Kier alpha value is -0.570. The molecular formula is C9H17NO2. The third-order valence-corrected chi connectivity index (χ3v) is 2.54. The number of aliphatic hydroxyl groups is 1. The van der Waals surface area contributed by atoms with Gasteiger partial charge in [0.15, 0.2) is 0 Å². The molecule has 0 radical (unpaired) electrons. The van der Waals surface area contributed by atoms with Gasteiger partial charge in [0.05, 0.1) is 6.10 Å². The summed E-state index contributed by atoms with van der Waals surface area (Å²) in [6, 6.07) is 0. The molecule has 1 amide bonds. The van der Waals surface area contributed by atoms with Crippen LogP contribution in [0.1, 0.15) is 26.7 Å². The van der Waals surface area contributed by atoms with Gasteiger partial charge in [0, 0.05) is 20.0 Å². The van der Waals surface area contributed by atoms with Crippen LogP contribution in [0.15, 0.2) is 0 Å². The summed E-state index contributed by atoms with van der Waals surface area (Å²) in [6.45, 7) is 5.00. The lowest BCUT2D eigenvalue weighted by Crippen LogP contribution is -2.45. The fraction of sp³-hybridized carbons (Fsp3) is 0.889. The maximum absolute atomic E-state index is 11.0. The first-order valence-electron chi connectivity index (χ1n) is 4.57. The zero-order valence-corrected chi connectivity index (χ0v) is 7.79. The Bertz CT molecular complexity index is 170. The van der Waals surface area contributed by atoms with Gasteiger partial charge in [-0.3, -0.25) is 4.79 Å². The van der Waals surface area contributed by atoms with Crippen LogP contribution < -0.4 is 0 Å². The number of hydrogen-bond acceptors (Lipinski definition) is 2. The molecule has 1 aliphatic heterocycles. The number of carbonyl (C=O) groups is 1. The minimum atomic E-state index is -0.312. The van der Waals surface area contributed by atoms with Crippen LogP contribution in [0, 0.1) is 5.92 Å². The van der Waals surface area contributed by atoms with Crippen molar-refractivity contribution >= 4 is 5.91 Å². The molecular weight excluding hydrogens is 154 g/mol. The van der Waals surface area contributed by atoms with Crippen molar-refractivity contribution in [1.82, 2.24) is 4.90 Å². The Balaban J connectivity index is 2.51. The Morgan fingerprint density at radius 1 is 1.58 bits per heavy atom. The summed E-state index contributed by atoms with van der Waals surface area (Å²) < 4.78 is 0. The molecule has 0 bridgehead atoms. The van der Waals surface area contributed by atoms with Crippen molar-refractivity contribution in [2.45, 2.75) is 32.8 Å². The molecule has 1 fully saturated rings. The Morgan fingerprint density at radius 2 is 2.25 bits per heavy atom. The van der Waals surface area contributed by atoms with Crippen LogP contribution >= 0.6 is 0 Å². The number of hydrogen-bond donors (Lipinski definition) is 1. The van der Waals surface area contributed by atoms with E-state index in [1.165, 1.54) is 0 Å². The molecule has 3 heteroatoms. The molecule has 1 rings (SSSR count). The summed E-state index contributed by atoms with van der Waals surface area (Å²) in [6.07, 6.45) is 1.58. The van der Waals surface area contributed by atoms with Crippen LogP contribution in [0.3, 0.4) is 0 Å². The molecule has 0 aromatic heterocycles. The standard InChI is InChI=1S/C9H17NO2/c1-3-8-4-9(12)6-10(5-8)7(2)11/h8-9,12H,3-6H2,1-2H3/t8-,9-/m0/s1. The van der Waals surface area contributed by atoms with E-state index in [1.54, 1.807) is 11.8 Å². The van der Waals surface area contributed by atoms with Gasteiger partial charge in [0.2, 0.25) is 5.91 Å². The van der Waals surface area contributed by atoms with Gasteiger partial charge in [-0.05, 0) is 12.3 Å². The van der Waals surface area contributed by atoms with E-state index < -0.39 is 0 Å². The van der Waals surface area contributed by atoms with E-state index in [-0.39, 0.29) is 12.0 Å². The lowest BCUT2D eigenvalue weighted by Gasteiger charge is -2.34. The van der Waals surface area contributed by atoms with E-state index >= 15 is 0 Å². The zero-order valence-electron chi connectivity index (χ0n) is 7.79. The van der Waals surface area contributed by atoms with E-state index in [2.05, 4.69) is 6.92 Å². The largest absolute Gasteiger partial charge is 0.391 e. The number of rotatable bonds is 1. The predicted molar refractivity (Wildman–Crippen MR) is 46.7 cm³/mol. The van der Waals surface area contributed by atoms with E-state index in [0.29, 0.717) is 12.5 Å². The Morgan fingerprint density at radius 3 is 2.75 bits per heavy atom. The third kappa shape index (κ3) is 2.21. The van der Waals surface area contributed by atoms with Crippen LogP contribution in [0.4, 0.5) is 0 Å². The SMILES string of the molecule is CC[C@H]1C[C@H](O)CN(C(C)=O)C1. The Kier molecular flexibility index (Phi) is 3.09. The smallest absolute Gasteiger partial charge is 0.219 e. The van der Waals surface area contributed by atoms with E-state index in [1.807, 2.05) is 0 Å². The monoisotopic (exact) mass is 171 g/mol. The predicted octanol–water partition coefficient (Wildman–Crippen LogP) is 0.626. The highest BCUT2D eigenvalue weighted by Crippen LogP contribution is 2.19. The van der Waals surface area contributed by atoms with Crippen molar-refractivity contribution in [2.24, 2.45) is 5.92 Å². The zero-order chi connectivity index (χ0) is 9.14. The van der Waals surface area contributed by atoms with Crippen molar-refractivity contribution in [1.29, 1.82) is 0 Å². The number of piperidine rings is 1. The fourth-order valence-electron chi connectivity index (χ4n) is 1.73. The average molecular weight is 171 g/mol. The molecule has 2 atom stereocenters. The molecule has 0 spiro atoms. The minimum Gasteiger partial charge on any atom is -0.391 e. The summed E-state index contributed by atoms with van der Waals surface area (Å²) in [7, 11) is 0. The summed E-state index contributed by atoms with van der Waals surface area (Å²) in [5.74, 6) is 0.560. The summed E-state index contributed by atoms with van der Waals surface area (Å²) in [5.41, 5.74) is 0. The first-order chi connectivity index (χ1) is 5.63. The van der Waals surface area contributed by atoms with Gasteiger partial charge in [-0.1, -0.05) is 13.3 Å². The Labute approximate surface area is 73.4 Å². The summed E-state index contributed by atoms with van der Waals surface area (Å²) in [5, 5.41) is 9.44. The maximum Gasteiger partial charge on any atom is 0.219 e. The second-order valence-electron chi connectivity index (χ2n) is 3.59. The van der Waals surface area contributed by atoms with Gasteiger partial charge in [-0.25, -0.2) is 0 Å². The molecule has 70 valence electrons. The number of carbonyl (C=O) groups excluding carboxylic acids is 1. The molecule has 1 aliphatic rings. The first kappa shape index (κ1) is 9.52. The molecule has 0 aliphatic carbocycles. The van der Waals surface area contributed by atoms with E-state index in [4.69, 9.17) is 0 Å². The fourth-order valence-corrected chi connectivity index (χ4v) is 1.73. The number of β-amino-alcohol motifs (C(OH)–C–C–N with tert-alkyl or cyclic N) is 1. The number of nitrogens with zero attached hydrogens (tertiary/aromatic N) is 1. The normalized spacial score (nSPS) is 30.4. The summed E-state index contributed by atoms with van der Waals surface area (Å²) >= 11 is 0. The van der Waals surface area contributed by atoms with E-state index in [9.17, 15) is 9.90 Å². The van der Waals surface area contributed by atoms with Crippen LogP contribution in [0.2, 0.25) is 0 Å². The van der Waals surface area contributed by atoms with Gasteiger partial charge in [-0.15, -0.1) is 0 Å². The molecule has 1 heterocycles. The highest BCUT2D eigenvalue weighted by atomic mass is 16.3. The topological polar surface area (TPSA) is 40.5 Å². The van der Waals surface area contributed by atoms with Gasteiger partial charge in [0.25, 0.3) is 0 Å². The molecule has 12 heavy (non-hydrogen) atoms. The van der Waals surface area contributed by atoms with Crippen LogP contribution in [-0.2, 0) is 4.79 Å². The molecule has 1 saturated heterocycles. The molecule has 1 N–H and O–H groups in total. The van der Waals surface area contributed by atoms with Crippen LogP contribution in [-0.4, -0.2) is 35.1 Å². The number of likely N-dealkylation sites (tertiary alicyclic amines) is 1. The summed E-state index contributed by atoms with van der Waals surface area (Å²) in [4.78, 5) is 12.8. The molecule has 0 aromatic rings. The van der Waals surface area contributed by atoms with E-state index in [0.717, 1.165) is 19.4 Å². The maximum atomic E-state index is 11.0.